The number of thiazole rings is 1. The quantitative estimate of drug-likeness (QED) is 0.362. The van der Waals surface area contributed by atoms with Crippen molar-refractivity contribution < 1.29 is 4.79 Å². The van der Waals surface area contributed by atoms with Gasteiger partial charge < -0.3 is 4.90 Å². The van der Waals surface area contributed by atoms with Crippen LogP contribution in [0.25, 0.3) is 21.3 Å². The van der Waals surface area contributed by atoms with E-state index in [2.05, 4.69) is 28.7 Å². The van der Waals surface area contributed by atoms with E-state index in [1.807, 2.05) is 24.3 Å². The Hall–Kier alpha value is -2.32. The molecule has 0 N–H and O–H groups in total. The Morgan fingerprint density at radius 1 is 0.968 bits per heavy atom. The van der Waals surface area contributed by atoms with Crippen LogP contribution in [0.2, 0.25) is 5.02 Å². The van der Waals surface area contributed by atoms with Crippen molar-refractivity contribution in [3.63, 3.8) is 0 Å². The van der Waals surface area contributed by atoms with Gasteiger partial charge in [0.15, 0.2) is 5.13 Å². The first kappa shape index (κ1) is 23.3. The standard InChI is InChI=1S/C22H22ClN5OS.ClH/c1-3-27(4-2)11-12-28(22-26-18-8-6-16(23)14-20(18)30-22)21(29)15-5-7-17-19(13-15)25-10-9-24-17;/h5-10,13-14H,3-4,11-12H2,1-2H3;1H. The number of amides is 1. The van der Waals surface area contributed by atoms with Gasteiger partial charge in [-0.1, -0.05) is 36.8 Å². The number of aromatic nitrogens is 3. The SMILES string of the molecule is CCN(CC)CCN(C(=O)c1ccc2nccnc2c1)c1nc2ccc(Cl)cc2s1.Cl. The maximum absolute atomic E-state index is 13.5. The number of likely N-dealkylation sites (N-methyl/N-ethyl adjacent to an activating group) is 1. The van der Waals surface area contributed by atoms with Crippen LogP contribution in [-0.2, 0) is 0 Å². The number of carbonyl (C=O) groups is 1. The summed E-state index contributed by atoms with van der Waals surface area (Å²) in [6, 6.07) is 11.0. The molecule has 162 valence electrons. The van der Waals surface area contributed by atoms with Crippen LogP contribution in [0, 0.1) is 0 Å². The number of rotatable bonds is 7. The van der Waals surface area contributed by atoms with Crippen molar-refractivity contribution >= 4 is 67.6 Å². The molecular formula is C22H23Cl2N5OS. The van der Waals surface area contributed by atoms with Crippen molar-refractivity contribution in [3.8, 4) is 0 Å². The maximum atomic E-state index is 13.5. The van der Waals surface area contributed by atoms with Gasteiger partial charge >= 0.3 is 0 Å². The molecule has 0 fully saturated rings. The van der Waals surface area contributed by atoms with Crippen LogP contribution < -0.4 is 4.90 Å². The van der Waals surface area contributed by atoms with Gasteiger partial charge in [-0.05, 0) is 49.5 Å². The molecule has 0 radical (unpaired) electrons. The second-order valence-electron chi connectivity index (χ2n) is 6.85. The normalized spacial score (nSPS) is 11.1. The highest BCUT2D eigenvalue weighted by molar-refractivity contribution is 7.22. The number of hydrogen-bond donors (Lipinski definition) is 0. The van der Waals surface area contributed by atoms with E-state index < -0.39 is 0 Å². The molecule has 2 heterocycles. The summed E-state index contributed by atoms with van der Waals surface area (Å²) >= 11 is 7.62. The van der Waals surface area contributed by atoms with E-state index >= 15 is 0 Å². The molecule has 31 heavy (non-hydrogen) atoms. The third-order valence-corrected chi connectivity index (χ3v) is 6.34. The van der Waals surface area contributed by atoms with Gasteiger partial charge in [0.05, 0.1) is 21.3 Å². The Morgan fingerprint density at radius 2 is 1.68 bits per heavy atom. The summed E-state index contributed by atoms with van der Waals surface area (Å²) < 4.78 is 0.961. The van der Waals surface area contributed by atoms with Crippen LogP contribution in [0.4, 0.5) is 5.13 Å². The third kappa shape index (κ3) is 5.13. The van der Waals surface area contributed by atoms with Crippen LogP contribution in [-0.4, -0.2) is 51.9 Å². The molecule has 0 aliphatic carbocycles. The Morgan fingerprint density at radius 3 is 2.42 bits per heavy atom. The maximum Gasteiger partial charge on any atom is 0.260 e. The molecule has 0 aliphatic heterocycles. The van der Waals surface area contributed by atoms with E-state index in [-0.39, 0.29) is 18.3 Å². The van der Waals surface area contributed by atoms with Crippen molar-refractivity contribution in [3.05, 3.63) is 59.4 Å². The van der Waals surface area contributed by atoms with E-state index in [4.69, 9.17) is 16.6 Å². The first-order valence-corrected chi connectivity index (χ1v) is 11.1. The van der Waals surface area contributed by atoms with Crippen LogP contribution in [0.1, 0.15) is 24.2 Å². The van der Waals surface area contributed by atoms with Gasteiger partial charge in [-0.3, -0.25) is 19.7 Å². The van der Waals surface area contributed by atoms with Gasteiger partial charge in [-0.25, -0.2) is 4.98 Å². The molecule has 0 saturated carbocycles. The summed E-state index contributed by atoms with van der Waals surface area (Å²) in [5.74, 6) is -0.0973. The smallest absolute Gasteiger partial charge is 0.260 e. The summed E-state index contributed by atoms with van der Waals surface area (Å²) in [4.78, 5) is 30.9. The summed E-state index contributed by atoms with van der Waals surface area (Å²) in [6.45, 7) is 7.42. The van der Waals surface area contributed by atoms with E-state index in [0.717, 1.165) is 35.4 Å². The predicted molar refractivity (Wildman–Crippen MR) is 131 cm³/mol. The minimum absolute atomic E-state index is 0. The lowest BCUT2D eigenvalue weighted by atomic mass is 10.1. The monoisotopic (exact) mass is 475 g/mol. The highest BCUT2D eigenvalue weighted by Crippen LogP contribution is 2.31. The van der Waals surface area contributed by atoms with Gasteiger partial charge in [0.2, 0.25) is 0 Å². The second-order valence-corrected chi connectivity index (χ2v) is 8.30. The van der Waals surface area contributed by atoms with Gasteiger partial charge in [0.25, 0.3) is 5.91 Å². The Bertz CT molecular complexity index is 1190. The molecule has 1 amide bonds. The second kappa shape index (κ2) is 10.3. The zero-order valence-electron chi connectivity index (χ0n) is 17.3. The number of anilines is 1. The molecule has 0 unspecified atom stereocenters. The molecule has 2 aromatic carbocycles. The largest absolute Gasteiger partial charge is 0.302 e. The Labute approximate surface area is 196 Å². The lowest BCUT2D eigenvalue weighted by molar-refractivity contribution is 0.0984. The fourth-order valence-electron chi connectivity index (χ4n) is 3.32. The van der Waals surface area contributed by atoms with Crippen molar-refractivity contribution in [2.75, 3.05) is 31.1 Å². The van der Waals surface area contributed by atoms with Crippen LogP contribution in [0.3, 0.4) is 0 Å². The lowest BCUT2D eigenvalue weighted by Crippen LogP contribution is -2.38. The molecule has 2 aromatic heterocycles. The summed E-state index contributed by atoms with van der Waals surface area (Å²) in [5, 5.41) is 1.33. The van der Waals surface area contributed by atoms with Crippen molar-refractivity contribution in [1.82, 2.24) is 19.9 Å². The summed E-state index contributed by atoms with van der Waals surface area (Å²) in [6.07, 6.45) is 3.28. The van der Waals surface area contributed by atoms with Gasteiger partial charge in [-0.2, -0.15) is 0 Å². The van der Waals surface area contributed by atoms with Gasteiger partial charge in [0, 0.05) is 36.1 Å². The summed E-state index contributed by atoms with van der Waals surface area (Å²) in [5.41, 5.74) is 2.87. The minimum Gasteiger partial charge on any atom is -0.302 e. The molecule has 0 aliphatic rings. The number of carbonyl (C=O) groups excluding carboxylic acids is 1. The van der Waals surface area contributed by atoms with Gasteiger partial charge in [0.1, 0.15) is 0 Å². The lowest BCUT2D eigenvalue weighted by Gasteiger charge is -2.24. The molecule has 0 bridgehead atoms. The average molecular weight is 476 g/mol. The predicted octanol–water partition coefficient (Wildman–Crippen LogP) is 5.30. The van der Waals surface area contributed by atoms with Crippen molar-refractivity contribution in [2.45, 2.75) is 13.8 Å². The molecule has 9 heteroatoms. The topological polar surface area (TPSA) is 62.2 Å². The fraction of sp³-hybridized carbons (Fsp3) is 0.273. The number of hydrogen-bond acceptors (Lipinski definition) is 6. The molecule has 0 saturated heterocycles. The van der Waals surface area contributed by atoms with Crippen molar-refractivity contribution in [2.24, 2.45) is 0 Å². The minimum atomic E-state index is -0.0973. The van der Waals surface area contributed by atoms with Crippen molar-refractivity contribution in [1.29, 1.82) is 0 Å². The number of benzene rings is 2. The fourth-order valence-corrected chi connectivity index (χ4v) is 4.59. The van der Waals surface area contributed by atoms with Gasteiger partial charge in [-0.15, -0.1) is 12.4 Å². The Kier molecular flexibility index (Phi) is 7.78. The Balaban J connectivity index is 0.00000272. The highest BCUT2D eigenvalue weighted by atomic mass is 35.5. The molecule has 4 rings (SSSR count). The number of nitrogens with zero attached hydrogens (tertiary/aromatic N) is 5. The third-order valence-electron chi connectivity index (χ3n) is 5.07. The van der Waals surface area contributed by atoms with Crippen LogP contribution in [0.5, 0.6) is 0 Å². The first-order valence-electron chi connectivity index (χ1n) is 9.90. The number of halogens is 2. The molecular weight excluding hydrogens is 453 g/mol. The van der Waals surface area contributed by atoms with E-state index in [0.29, 0.717) is 27.8 Å². The van der Waals surface area contributed by atoms with Crippen LogP contribution >= 0.6 is 35.3 Å². The highest BCUT2D eigenvalue weighted by Gasteiger charge is 2.22. The van der Waals surface area contributed by atoms with E-state index in [1.54, 1.807) is 29.4 Å². The molecule has 0 atom stereocenters. The zero-order chi connectivity index (χ0) is 21.1. The van der Waals surface area contributed by atoms with E-state index in [1.165, 1.54) is 11.3 Å². The average Bonchev–Trinajstić information content (AvgIpc) is 3.18. The number of fused-ring (bicyclic) bond motifs is 2. The molecule has 6 nitrogen and oxygen atoms in total. The van der Waals surface area contributed by atoms with E-state index in [9.17, 15) is 4.79 Å². The molecule has 0 spiro atoms. The van der Waals surface area contributed by atoms with Crippen LogP contribution in [0.15, 0.2) is 48.8 Å². The summed E-state index contributed by atoms with van der Waals surface area (Å²) in [7, 11) is 0. The molecule has 4 aromatic rings. The zero-order valence-corrected chi connectivity index (χ0v) is 19.7. The first-order chi connectivity index (χ1) is 14.6.